The average Bonchev–Trinajstić information content (AvgIpc) is 2.03. The number of allylic oxidation sites excluding steroid dienone is 2. The number of carbonyl (C=O) groups excluding carboxylic acids is 1. The lowest BCUT2D eigenvalue weighted by Crippen LogP contribution is -2.22. The van der Waals surface area contributed by atoms with Gasteiger partial charge in [-0.05, 0) is 33.1 Å². The van der Waals surface area contributed by atoms with Gasteiger partial charge < -0.3 is 4.74 Å². The van der Waals surface area contributed by atoms with Gasteiger partial charge in [0.2, 0.25) is 0 Å². The average molecular weight is 198 g/mol. The van der Waals surface area contributed by atoms with Crippen LogP contribution in [0.25, 0.3) is 0 Å². The summed E-state index contributed by atoms with van der Waals surface area (Å²) in [7, 11) is 0. The molecule has 0 spiro atoms. The first-order valence-corrected chi connectivity index (χ1v) is 5.29. The maximum atomic E-state index is 11.5. The fourth-order valence-electron chi connectivity index (χ4n) is 1.25. The Hall–Kier alpha value is -0.790. The van der Waals surface area contributed by atoms with E-state index >= 15 is 0 Å². The van der Waals surface area contributed by atoms with Crippen LogP contribution >= 0.6 is 0 Å². The molecule has 0 amide bonds. The number of hydrogen-bond donors (Lipinski definition) is 0. The predicted molar refractivity (Wildman–Crippen MR) is 59.0 cm³/mol. The predicted octanol–water partition coefficient (Wildman–Crippen LogP) is 3.18. The van der Waals surface area contributed by atoms with Gasteiger partial charge in [0.05, 0.1) is 12.5 Å². The van der Waals surface area contributed by atoms with Crippen LogP contribution in [0.5, 0.6) is 0 Å². The SMILES string of the molecule is CCOC(=O)C(CC=C(C)C)C(C)C. The van der Waals surface area contributed by atoms with Crippen molar-refractivity contribution in [3.8, 4) is 0 Å². The summed E-state index contributed by atoms with van der Waals surface area (Å²) in [5, 5.41) is 0. The van der Waals surface area contributed by atoms with E-state index in [0.717, 1.165) is 6.42 Å². The number of esters is 1. The summed E-state index contributed by atoms with van der Waals surface area (Å²) in [5.41, 5.74) is 1.25. The lowest BCUT2D eigenvalue weighted by molar-refractivity contribution is -0.149. The van der Waals surface area contributed by atoms with Crippen LogP contribution in [0.2, 0.25) is 0 Å². The van der Waals surface area contributed by atoms with Gasteiger partial charge >= 0.3 is 5.97 Å². The molecule has 0 saturated heterocycles. The molecule has 0 aliphatic rings. The summed E-state index contributed by atoms with van der Waals surface area (Å²) in [6.45, 7) is 10.5. The smallest absolute Gasteiger partial charge is 0.309 e. The second kappa shape index (κ2) is 6.63. The van der Waals surface area contributed by atoms with Crippen molar-refractivity contribution in [3.05, 3.63) is 11.6 Å². The highest BCUT2D eigenvalue weighted by atomic mass is 16.5. The Morgan fingerprint density at radius 2 is 1.93 bits per heavy atom. The molecule has 82 valence electrons. The third kappa shape index (κ3) is 5.05. The molecule has 0 saturated carbocycles. The normalized spacial score (nSPS) is 12.4. The van der Waals surface area contributed by atoms with Crippen LogP contribution in [-0.2, 0) is 9.53 Å². The molecule has 14 heavy (non-hydrogen) atoms. The van der Waals surface area contributed by atoms with Crippen molar-refractivity contribution in [2.24, 2.45) is 11.8 Å². The molecule has 0 radical (unpaired) electrons. The lowest BCUT2D eigenvalue weighted by atomic mass is 9.92. The van der Waals surface area contributed by atoms with Crippen molar-refractivity contribution >= 4 is 5.97 Å². The third-order valence-electron chi connectivity index (χ3n) is 2.17. The van der Waals surface area contributed by atoms with Crippen LogP contribution in [0.3, 0.4) is 0 Å². The Balaban J connectivity index is 4.29. The van der Waals surface area contributed by atoms with Crippen LogP contribution in [0.1, 0.15) is 41.0 Å². The second-order valence-corrected chi connectivity index (χ2v) is 4.12. The molecule has 0 rings (SSSR count). The Morgan fingerprint density at radius 3 is 2.29 bits per heavy atom. The number of carbonyl (C=O) groups is 1. The molecular weight excluding hydrogens is 176 g/mol. The van der Waals surface area contributed by atoms with Crippen molar-refractivity contribution in [3.63, 3.8) is 0 Å². The van der Waals surface area contributed by atoms with E-state index in [2.05, 4.69) is 19.9 Å². The first-order chi connectivity index (χ1) is 6.49. The molecule has 0 aromatic heterocycles. The Morgan fingerprint density at radius 1 is 1.36 bits per heavy atom. The highest BCUT2D eigenvalue weighted by molar-refractivity contribution is 5.72. The fourth-order valence-corrected chi connectivity index (χ4v) is 1.25. The maximum Gasteiger partial charge on any atom is 0.309 e. The summed E-state index contributed by atoms with van der Waals surface area (Å²) in [6, 6.07) is 0. The maximum absolute atomic E-state index is 11.5. The highest BCUT2D eigenvalue weighted by Gasteiger charge is 2.21. The van der Waals surface area contributed by atoms with Gasteiger partial charge in [0.25, 0.3) is 0 Å². The fraction of sp³-hybridized carbons (Fsp3) is 0.750. The molecule has 0 aliphatic carbocycles. The molecule has 0 aliphatic heterocycles. The lowest BCUT2D eigenvalue weighted by Gasteiger charge is -2.17. The zero-order valence-electron chi connectivity index (χ0n) is 9.96. The van der Waals surface area contributed by atoms with Crippen molar-refractivity contribution in [2.75, 3.05) is 6.61 Å². The van der Waals surface area contributed by atoms with Gasteiger partial charge in [0, 0.05) is 0 Å². The van der Waals surface area contributed by atoms with E-state index in [4.69, 9.17) is 4.74 Å². The topological polar surface area (TPSA) is 26.3 Å². The summed E-state index contributed by atoms with van der Waals surface area (Å²) in [5.74, 6) is 0.273. The Labute approximate surface area is 87.3 Å². The molecule has 2 heteroatoms. The zero-order valence-corrected chi connectivity index (χ0v) is 9.96. The van der Waals surface area contributed by atoms with Crippen LogP contribution in [0.4, 0.5) is 0 Å². The Kier molecular flexibility index (Phi) is 6.26. The van der Waals surface area contributed by atoms with Gasteiger partial charge in [-0.3, -0.25) is 4.79 Å². The largest absolute Gasteiger partial charge is 0.466 e. The van der Waals surface area contributed by atoms with Crippen molar-refractivity contribution in [1.82, 2.24) is 0 Å². The Bertz CT molecular complexity index is 200. The van der Waals surface area contributed by atoms with Gasteiger partial charge in [-0.25, -0.2) is 0 Å². The van der Waals surface area contributed by atoms with E-state index in [1.165, 1.54) is 5.57 Å². The molecule has 0 aromatic carbocycles. The minimum Gasteiger partial charge on any atom is -0.466 e. The summed E-state index contributed by atoms with van der Waals surface area (Å²) < 4.78 is 5.03. The summed E-state index contributed by atoms with van der Waals surface area (Å²) >= 11 is 0. The quantitative estimate of drug-likeness (QED) is 0.501. The monoisotopic (exact) mass is 198 g/mol. The number of ether oxygens (including phenoxy) is 1. The van der Waals surface area contributed by atoms with Crippen molar-refractivity contribution < 1.29 is 9.53 Å². The van der Waals surface area contributed by atoms with Crippen molar-refractivity contribution in [1.29, 1.82) is 0 Å². The van der Waals surface area contributed by atoms with Crippen molar-refractivity contribution in [2.45, 2.75) is 41.0 Å². The molecular formula is C12H22O2. The molecule has 0 heterocycles. The van der Waals surface area contributed by atoms with E-state index in [-0.39, 0.29) is 11.9 Å². The molecule has 1 atom stereocenters. The van der Waals surface area contributed by atoms with Crippen LogP contribution < -0.4 is 0 Å². The highest BCUT2D eigenvalue weighted by Crippen LogP contribution is 2.18. The first kappa shape index (κ1) is 13.2. The van der Waals surface area contributed by atoms with Gasteiger partial charge in [0.1, 0.15) is 0 Å². The third-order valence-corrected chi connectivity index (χ3v) is 2.17. The van der Waals surface area contributed by atoms with Crippen LogP contribution in [0.15, 0.2) is 11.6 Å². The molecule has 0 fully saturated rings. The molecule has 0 aromatic rings. The van der Waals surface area contributed by atoms with Crippen LogP contribution in [-0.4, -0.2) is 12.6 Å². The minimum atomic E-state index is -0.0694. The molecule has 2 nitrogen and oxygen atoms in total. The van der Waals surface area contributed by atoms with E-state index in [0.29, 0.717) is 12.5 Å². The standard InChI is InChI=1S/C12H22O2/c1-6-14-12(13)11(10(4)5)8-7-9(2)3/h7,10-11H,6,8H2,1-5H3. The first-order valence-electron chi connectivity index (χ1n) is 5.29. The number of rotatable bonds is 5. The van der Waals surface area contributed by atoms with E-state index in [1.54, 1.807) is 0 Å². The second-order valence-electron chi connectivity index (χ2n) is 4.12. The summed E-state index contributed by atoms with van der Waals surface area (Å²) in [6.07, 6.45) is 2.89. The summed E-state index contributed by atoms with van der Waals surface area (Å²) in [4.78, 5) is 11.5. The van der Waals surface area contributed by atoms with E-state index < -0.39 is 0 Å². The minimum absolute atomic E-state index is 0.00449. The molecule has 0 N–H and O–H groups in total. The van der Waals surface area contributed by atoms with Crippen LogP contribution in [0, 0.1) is 11.8 Å². The van der Waals surface area contributed by atoms with Gasteiger partial charge in [-0.15, -0.1) is 0 Å². The van der Waals surface area contributed by atoms with E-state index in [1.807, 2.05) is 20.8 Å². The van der Waals surface area contributed by atoms with Gasteiger partial charge in [-0.2, -0.15) is 0 Å². The van der Waals surface area contributed by atoms with Gasteiger partial charge in [-0.1, -0.05) is 25.5 Å². The van der Waals surface area contributed by atoms with Gasteiger partial charge in [0.15, 0.2) is 0 Å². The molecule has 1 unspecified atom stereocenters. The molecule has 0 bridgehead atoms. The number of hydrogen-bond acceptors (Lipinski definition) is 2. The zero-order chi connectivity index (χ0) is 11.1. The van der Waals surface area contributed by atoms with E-state index in [9.17, 15) is 4.79 Å².